The van der Waals surface area contributed by atoms with E-state index in [9.17, 15) is 9.59 Å². The van der Waals surface area contributed by atoms with Crippen molar-refractivity contribution >= 4 is 40.0 Å². The van der Waals surface area contributed by atoms with Crippen LogP contribution in [0.15, 0.2) is 0 Å². The lowest BCUT2D eigenvalue weighted by molar-refractivity contribution is -0.136. The number of piperazine rings is 2. The summed E-state index contributed by atoms with van der Waals surface area (Å²) in [5.41, 5.74) is 0.760. The van der Waals surface area contributed by atoms with E-state index in [1.165, 1.54) is 11.3 Å². The van der Waals surface area contributed by atoms with Crippen molar-refractivity contribution < 1.29 is 9.59 Å². The molecule has 0 aliphatic carbocycles. The third kappa shape index (κ3) is 4.94. The number of thiazole rings is 1. The first kappa shape index (κ1) is 21.3. The number of aromatic nitrogens is 1. The van der Waals surface area contributed by atoms with Gasteiger partial charge >= 0.3 is 6.03 Å². The third-order valence-corrected chi connectivity index (χ3v) is 6.62. The maximum atomic E-state index is 12.9. The number of hydrogen-bond acceptors (Lipinski definition) is 6. The molecule has 1 aromatic heterocycles. The van der Waals surface area contributed by atoms with Crippen LogP contribution in [0.5, 0.6) is 0 Å². The summed E-state index contributed by atoms with van der Waals surface area (Å²) in [5, 5.41) is 6.64. The number of halogens is 1. The molecule has 156 valence electrons. The Kier molecular flexibility index (Phi) is 6.48. The Morgan fingerprint density at radius 2 is 1.82 bits per heavy atom. The summed E-state index contributed by atoms with van der Waals surface area (Å²) in [4.78, 5) is 35.5. The van der Waals surface area contributed by atoms with E-state index in [0.717, 1.165) is 13.1 Å². The van der Waals surface area contributed by atoms with Crippen LogP contribution < -0.4 is 10.6 Å². The zero-order valence-electron chi connectivity index (χ0n) is 16.9. The van der Waals surface area contributed by atoms with Gasteiger partial charge in [0, 0.05) is 51.4 Å². The molecule has 2 N–H and O–H groups in total. The summed E-state index contributed by atoms with van der Waals surface area (Å²) in [6.45, 7) is 12.9. The fraction of sp³-hybridized carbons (Fsp3) is 0.722. The molecule has 2 saturated heterocycles. The van der Waals surface area contributed by atoms with Gasteiger partial charge in [0.1, 0.15) is 4.34 Å². The van der Waals surface area contributed by atoms with Crippen LogP contribution in [-0.2, 0) is 4.79 Å². The number of aryl methyl sites for hydroxylation is 1. The highest BCUT2D eigenvalue weighted by Crippen LogP contribution is 2.27. The lowest BCUT2D eigenvalue weighted by Crippen LogP contribution is -2.63. The van der Waals surface area contributed by atoms with E-state index < -0.39 is 0 Å². The minimum Gasteiger partial charge on any atom is -0.338 e. The van der Waals surface area contributed by atoms with Crippen LogP contribution >= 0.6 is 22.9 Å². The standard InChI is InChI=1S/C18H29ClN6O2S/c1-12-14(19)28-16(21-12)22-17(27)24-9-7-23(8-10-24)15(26)13-11-25(6-5-20-13)18(2,3)4/h13,20H,5-11H2,1-4H3,(H,21,22,27)/t13-/m1/s1. The Labute approximate surface area is 175 Å². The van der Waals surface area contributed by atoms with Crippen molar-refractivity contribution in [3.8, 4) is 0 Å². The molecule has 0 radical (unpaired) electrons. The van der Waals surface area contributed by atoms with Crippen LogP contribution in [-0.4, -0.2) is 89.0 Å². The largest absolute Gasteiger partial charge is 0.338 e. The smallest absolute Gasteiger partial charge is 0.323 e. The van der Waals surface area contributed by atoms with Crippen LogP contribution in [0.1, 0.15) is 26.5 Å². The SMILES string of the molecule is Cc1nc(NC(=O)N2CCN(C(=O)[C@H]3CN(C(C)(C)C)CCN3)CC2)sc1Cl. The molecule has 28 heavy (non-hydrogen) atoms. The first-order valence-electron chi connectivity index (χ1n) is 9.61. The van der Waals surface area contributed by atoms with Crippen LogP contribution in [0.4, 0.5) is 9.93 Å². The van der Waals surface area contributed by atoms with Gasteiger partial charge in [0.05, 0.1) is 11.7 Å². The fourth-order valence-corrected chi connectivity index (χ4v) is 4.42. The number of carbonyl (C=O) groups is 2. The molecule has 3 rings (SSSR count). The first-order chi connectivity index (χ1) is 13.1. The molecule has 2 fully saturated rings. The number of nitrogens with one attached hydrogen (secondary N) is 2. The Morgan fingerprint density at radius 3 is 2.39 bits per heavy atom. The second kappa shape index (κ2) is 8.52. The second-order valence-corrected chi connectivity index (χ2v) is 9.85. The van der Waals surface area contributed by atoms with E-state index in [4.69, 9.17) is 11.6 Å². The zero-order valence-corrected chi connectivity index (χ0v) is 18.5. The number of amides is 3. The molecule has 8 nitrogen and oxygen atoms in total. The molecule has 2 aliphatic heterocycles. The molecule has 0 bridgehead atoms. The van der Waals surface area contributed by atoms with Crippen molar-refractivity contribution in [1.29, 1.82) is 0 Å². The van der Waals surface area contributed by atoms with Gasteiger partial charge in [-0.1, -0.05) is 22.9 Å². The van der Waals surface area contributed by atoms with E-state index in [1.807, 2.05) is 4.90 Å². The molecule has 1 aromatic rings. The molecule has 0 spiro atoms. The number of carbonyl (C=O) groups excluding carboxylic acids is 2. The summed E-state index contributed by atoms with van der Waals surface area (Å²) in [6.07, 6.45) is 0. The number of rotatable bonds is 2. The average Bonchev–Trinajstić information content (AvgIpc) is 2.97. The van der Waals surface area contributed by atoms with Gasteiger partial charge in [-0.2, -0.15) is 0 Å². The molecule has 3 heterocycles. The highest BCUT2D eigenvalue weighted by Gasteiger charge is 2.34. The minimum absolute atomic E-state index is 0.0501. The van der Waals surface area contributed by atoms with E-state index in [1.54, 1.807) is 11.8 Å². The summed E-state index contributed by atoms with van der Waals surface area (Å²) in [7, 11) is 0. The molecule has 0 saturated carbocycles. The van der Waals surface area contributed by atoms with Crippen molar-refractivity contribution in [2.45, 2.75) is 39.3 Å². The van der Waals surface area contributed by atoms with Gasteiger partial charge in [-0.15, -0.1) is 0 Å². The van der Waals surface area contributed by atoms with Gasteiger partial charge < -0.3 is 15.1 Å². The topological polar surface area (TPSA) is 80.8 Å². The van der Waals surface area contributed by atoms with Gasteiger partial charge in [0.2, 0.25) is 5.91 Å². The van der Waals surface area contributed by atoms with Crippen LogP contribution in [0.2, 0.25) is 4.34 Å². The van der Waals surface area contributed by atoms with Gasteiger partial charge in [-0.3, -0.25) is 15.0 Å². The van der Waals surface area contributed by atoms with Crippen LogP contribution in [0.25, 0.3) is 0 Å². The van der Waals surface area contributed by atoms with Crippen LogP contribution in [0, 0.1) is 6.92 Å². The molecule has 0 unspecified atom stereocenters. The molecular formula is C18H29ClN6O2S. The third-order valence-electron chi connectivity index (χ3n) is 5.25. The Hall–Kier alpha value is -1.42. The van der Waals surface area contributed by atoms with Gasteiger partial charge in [0.25, 0.3) is 0 Å². The number of nitrogens with zero attached hydrogens (tertiary/aromatic N) is 4. The maximum absolute atomic E-state index is 12.9. The van der Waals surface area contributed by atoms with Gasteiger partial charge in [0.15, 0.2) is 5.13 Å². The molecule has 2 aliphatic rings. The molecular weight excluding hydrogens is 400 g/mol. The van der Waals surface area contributed by atoms with Gasteiger partial charge in [-0.05, 0) is 27.7 Å². The summed E-state index contributed by atoms with van der Waals surface area (Å²) in [6, 6.07) is -0.388. The van der Waals surface area contributed by atoms with Gasteiger partial charge in [-0.25, -0.2) is 9.78 Å². The molecule has 10 heteroatoms. The normalized spacial score (nSPS) is 21.7. The molecule has 1 atom stereocenters. The van der Waals surface area contributed by atoms with Crippen molar-refractivity contribution in [1.82, 2.24) is 25.0 Å². The van der Waals surface area contributed by atoms with E-state index in [0.29, 0.717) is 47.9 Å². The summed E-state index contributed by atoms with van der Waals surface area (Å²) < 4.78 is 0.579. The first-order valence-corrected chi connectivity index (χ1v) is 10.8. The predicted octanol–water partition coefficient (Wildman–Crippen LogP) is 1.85. The van der Waals surface area contributed by atoms with E-state index in [2.05, 4.69) is 41.3 Å². The summed E-state index contributed by atoms with van der Waals surface area (Å²) >= 11 is 7.25. The highest BCUT2D eigenvalue weighted by molar-refractivity contribution is 7.19. The van der Waals surface area contributed by atoms with Crippen molar-refractivity contribution in [3.05, 3.63) is 10.0 Å². The quantitative estimate of drug-likeness (QED) is 0.751. The van der Waals surface area contributed by atoms with E-state index >= 15 is 0 Å². The zero-order chi connectivity index (χ0) is 20.5. The Balaban J connectivity index is 1.50. The Morgan fingerprint density at radius 1 is 1.18 bits per heavy atom. The lowest BCUT2D eigenvalue weighted by atomic mass is 10.0. The van der Waals surface area contributed by atoms with E-state index in [-0.39, 0.29) is 23.5 Å². The monoisotopic (exact) mass is 428 g/mol. The molecule has 0 aromatic carbocycles. The van der Waals surface area contributed by atoms with Crippen molar-refractivity contribution in [3.63, 3.8) is 0 Å². The van der Waals surface area contributed by atoms with Crippen molar-refractivity contribution in [2.75, 3.05) is 51.1 Å². The maximum Gasteiger partial charge on any atom is 0.323 e. The molecule has 3 amide bonds. The van der Waals surface area contributed by atoms with Crippen molar-refractivity contribution in [2.24, 2.45) is 0 Å². The second-order valence-electron chi connectivity index (χ2n) is 8.24. The number of urea groups is 1. The Bertz CT molecular complexity index is 707. The average molecular weight is 429 g/mol. The number of hydrogen-bond donors (Lipinski definition) is 2. The summed E-state index contributed by atoms with van der Waals surface area (Å²) in [5.74, 6) is 0.122. The minimum atomic E-state index is -0.202. The number of anilines is 1. The fourth-order valence-electron chi connectivity index (χ4n) is 3.48. The lowest BCUT2D eigenvalue weighted by Gasteiger charge is -2.43. The predicted molar refractivity (Wildman–Crippen MR) is 112 cm³/mol. The van der Waals surface area contributed by atoms with Crippen LogP contribution in [0.3, 0.4) is 0 Å². The highest BCUT2D eigenvalue weighted by atomic mass is 35.5.